The van der Waals surface area contributed by atoms with Gasteiger partial charge in [0.15, 0.2) is 11.7 Å². The summed E-state index contributed by atoms with van der Waals surface area (Å²) in [5.41, 5.74) is 0. The van der Waals surface area contributed by atoms with Crippen molar-refractivity contribution in [3.05, 3.63) is 24.2 Å². The van der Waals surface area contributed by atoms with Gasteiger partial charge >= 0.3 is 0 Å². The zero-order valence-corrected chi connectivity index (χ0v) is 16.7. The molecule has 0 aromatic carbocycles. The number of nitrogens with zero attached hydrogens (tertiary/aromatic N) is 4. The Balaban J connectivity index is 1.50. The molecule has 7 heteroatoms. The fourth-order valence-electron chi connectivity index (χ4n) is 3.88. The Kier molecular flexibility index (Phi) is 7.15. The molecule has 3 rings (SSSR count). The van der Waals surface area contributed by atoms with Gasteiger partial charge in [-0.15, -0.1) is 0 Å². The summed E-state index contributed by atoms with van der Waals surface area (Å²) >= 11 is 0. The van der Waals surface area contributed by atoms with Crippen molar-refractivity contribution >= 4 is 11.9 Å². The van der Waals surface area contributed by atoms with Crippen LogP contribution in [-0.2, 0) is 0 Å². The lowest BCUT2D eigenvalue weighted by Crippen LogP contribution is -2.54. The van der Waals surface area contributed by atoms with Gasteiger partial charge in [-0.1, -0.05) is 6.42 Å². The van der Waals surface area contributed by atoms with Gasteiger partial charge in [0.05, 0.1) is 12.8 Å². The Bertz CT molecular complexity index is 608. The first-order valence-corrected chi connectivity index (χ1v) is 10.3. The lowest BCUT2D eigenvalue weighted by Gasteiger charge is -2.36. The topological polar surface area (TPSA) is 64.3 Å². The van der Waals surface area contributed by atoms with Crippen molar-refractivity contribution in [3.63, 3.8) is 0 Å². The number of furan rings is 1. The number of hydrogen-bond acceptors (Lipinski definition) is 4. The second-order valence-electron chi connectivity index (χ2n) is 7.37. The van der Waals surface area contributed by atoms with Gasteiger partial charge in [-0.2, -0.15) is 0 Å². The normalized spacial score (nSPS) is 22.1. The first-order valence-electron chi connectivity index (χ1n) is 10.3. The minimum Gasteiger partial charge on any atom is -0.459 e. The summed E-state index contributed by atoms with van der Waals surface area (Å²) in [5.74, 6) is 1.35. The molecular weight excluding hydrogens is 342 g/mol. The van der Waals surface area contributed by atoms with E-state index >= 15 is 0 Å². The molecule has 1 atom stereocenters. The second kappa shape index (κ2) is 9.78. The quantitative estimate of drug-likeness (QED) is 0.629. The predicted molar refractivity (Wildman–Crippen MR) is 107 cm³/mol. The lowest BCUT2D eigenvalue weighted by atomic mass is 10.0. The highest BCUT2D eigenvalue weighted by atomic mass is 16.3. The fourth-order valence-corrected chi connectivity index (χ4v) is 3.88. The van der Waals surface area contributed by atoms with Crippen LogP contribution in [0.4, 0.5) is 0 Å². The molecule has 2 aliphatic rings. The summed E-state index contributed by atoms with van der Waals surface area (Å²) in [6.07, 6.45) is 5.50. The minimum absolute atomic E-state index is 0.0272. The van der Waals surface area contributed by atoms with E-state index in [2.05, 4.69) is 29.0 Å². The monoisotopic (exact) mass is 375 g/mol. The first kappa shape index (κ1) is 19.7. The van der Waals surface area contributed by atoms with E-state index in [-0.39, 0.29) is 5.91 Å². The Morgan fingerprint density at radius 3 is 2.67 bits per heavy atom. The number of aliphatic imine (C=N–C) groups is 1. The van der Waals surface area contributed by atoms with E-state index in [4.69, 9.17) is 9.41 Å². The van der Waals surface area contributed by atoms with Crippen molar-refractivity contribution in [1.82, 2.24) is 20.0 Å². The van der Waals surface area contributed by atoms with Crippen LogP contribution in [0, 0.1) is 0 Å². The number of carbonyl (C=O) groups is 1. The number of rotatable bonds is 5. The number of piperazine rings is 1. The maximum absolute atomic E-state index is 12.4. The van der Waals surface area contributed by atoms with Crippen LogP contribution >= 0.6 is 0 Å². The summed E-state index contributed by atoms with van der Waals surface area (Å²) in [6.45, 7) is 11.3. The number of amides is 1. The molecule has 0 radical (unpaired) electrons. The van der Waals surface area contributed by atoms with Crippen molar-refractivity contribution in [2.45, 2.75) is 39.2 Å². The van der Waals surface area contributed by atoms with Crippen LogP contribution in [0.25, 0.3) is 0 Å². The summed E-state index contributed by atoms with van der Waals surface area (Å²) in [4.78, 5) is 23.9. The van der Waals surface area contributed by atoms with Crippen LogP contribution in [0.15, 0.2) is 27.8 Å². The third-order valence-electron chi connectivity index (χ3n) is 5.52. The van der Waals surface area contributed by atoms with Gasteiger partial charge in [-0.3, -0.25) is 14.7 Å². The Morgan fingerprint density at radius 1 is 1.22 bits per heavy atom. The number of guanidine groups is 1. The zero-order chi connectivity index (χ0) is 19.1. The first-order chi connectivity index (χ1) is 13.2. The summed E-state index contributed by atoms with van der Waals surface area (Å²) in [7, 11) is 0. The average Bonchev–Trinajstić information content (AvgIpc) is 3.23. The maximum Gasteiger partial charge on any atom is 0.289 e. The Labute approximate surface area is 162 Å². The molecule has 1 aromatic rings. The summed E-state index contributed by atoms with van der Waals surface area (Å²) in [5, 5.41) is 3.41. The molecule has 2 saturated heterocycles. The largest absolute Gasteiger partial charge is 0.459 e. The van der Waals surface area contributed by atoms with Crippen molar-refractivity contribution in [1.29, 1.82) is 0 Å². The molecule has 2 aliphatic heterocycles. The molecule has 1 amide bonds. The smallest absolute Gasteiger partial charge is 0.289 e. The van der Waals surface area contributed by atoms with Gasteiger partial charge in [0.2, 0.25) is 0 Å². The summed E-state index contributed by atoms with van der Waals surface area (Å²) in [6, 6.07) is 4.15. The molecule has 0 aliphatic carbocycles. The molecule has 0 spiro atoms. The standard InChI is InChI=1S/C20H33N5O2/c1-3-21-20(22-9-11-23-10-5-4-7-17(23)2)25-14-12-24(13-15-25)19(26)18-8-6-16-27-18/h6,8,16-17H,3-5,7,9-15H2,1-2H3,(H,21,22). The van der Waals surface area contributed by atoms with Crippen LogP contribution in [0.2, 0.25) is 0 Å². The van der Waals surface area contributed by atoms with Crippen molar-refractivity contribution in [2.24, 2.45) is 4.99 Å². The van der Waals surface area contributed by atoms with E-state index in [9.17, 15) is 4.79 Å². The van der Waals surface area contributed by atoms with E-state index in [1.54, 1.807) is 18.4 Å². The molecule has 27 heavy (non-hydrogen) atoms. The third-order valence-corrected chi connectivity index (χ3v) is 5.52. The highest BCUT2D eigenvalue weighted by molar-refractivity contribution is 5.91. The van der Waals surface area contributed by atoms with Crippen molar-refractivity contribution < 1.29 is 9.21 Å². The van der Waals surface area contributed by atoms with Gasteiger partial charge in [-0.05, 0) is 45.4 Å². The van der Waals surface area contributed by atoms with Gasteiger partial charge < -0.3 is 19.5 Å². The van der Waals surface area contributed by atoms with Gasteiger partial charge in [-0.25, -0.2) is 0 Å². The van der Waals surface area contributed by atoms with E-state index < -0.39 is 0 Å². The second-order valence-corrected chi connectivity index (χ2v) is 7.37. The van der Waals surface area contributed by atoms with E-state index in [0.29, 0.717) is 24.9 Å². The summed E-state index contributed by atoms with van der Waals surface area (Å²) < 4.78 is 5.24. The van der Waals surface area contributed by atoms with Crippen molar-refractivity contribution in [2.75, 3.05) is 52.4 Å². The molecule has 2 fully saturated rings. The molecule has 1 N–H and O–H groups in total. The van der Waals surface area contributed by atoms with E-state index in [1.807, 2.05) is 4.90 Å². The minimum atomic E-state index is -0.0272. The molecular formula is C20H33N5O2. The van der Waals surface area contributed by atoms with Crippen molar-refractivity contribution in [3.8, 4) is 0 Å². The van der Waals surface area contributed by atoms with Gasteiger partial charge in [0, 0.05) is 45.3 Å². The SMILES string of the molecule is CCNC(=NCCN1CCCCC1C)N1CCN(C(=O)c2ccco2)CC1. The number of carbonyl (C=O) groups excluding carboxylic acids is 1. The Morgan fingerprint density at radius 2 is 2.00 bits per heavy atom. The predicted octanol–water partition coefficient (Wildman–Crippen LogP) is 1.88. The number of likely N-dealkylation sites (tertiary alicyclic amines) is 1. The number of piperidine rings is 1. The molecule has 3 heterocycles. The van der Waals surface area contributed by atoms with E-state index in [1.165, 1.54) is 25.8 Å². The highest BCUT2D eigenvalue weighted by Crippen LogP contribution is 2.15. The van der Waals surface area contributed by atoms with Crippen LogP contribution in [0.1, 0.15) is 43.7 Å². The average molecular weight is 376 g/mol. The van der Waals surface area contributed by atoms with Crippen LogP contribution < -0.4 is 5.32 Å². The number of hydrogen-bond donors (Lipinski definition) is 1. The van der Waals surface area contributed by atoms with Crippen LogP contribution in [0.3, 0.4) is 0 Å². The zero-order valence-electron chi connectivity index (χ0n) is 16.7. The maximum atomic E-state index is 12.4. The lowest BCUT2D eigenvalue weighted by molar-refractivity contribution is 0.0657. The Hall–Kier alpha value is -2.02. The molecule has 150 valence electrons. The third kappa shape index (κ3) is 5.25. The molecule has 0 saturated carbocycles. The van der Waals surface area contributed by atoms with Crippen LogP contribution in [-0.4, -0.2) is 85.0 Å². The van der Waals surface area contributed by atoms with Crippen LogP contribution in [0.5, 0.6) is 0 Å². The molecule has 7 nitrogen and oxygen atoms in total. The van der Waals surface area contributed by atoms with Gasteiger partial charge in [0.1, 0.15) is 0 Å². The number of nitrogens with one attached hydrogen (secondary N) is 1. The fraction of sp³-hybridized carbons (Fsp3) is 0.700. The molecule has 1 unspecified atom stereocenters. The van der Waals surface area contributed by atoms with Gasteiger partial charge in [0.25, 0.3) is 5.91 Å². The molecule has 0 bridgehead atoms. The molecule has 1 aromatic heterocycles. The highest BCUT2D eigenvalue weighted by Gasteiger charge is 2.25. The van der Waals surface area contributed by atoms with E-state index in [0.717, 1.165) is 38.7 Å².